The first-order valence-electron chi connectivity index (χ1n) is 5.15. The van der Waals surface area contributed by atoms with Crippen molar-refractivity contribution in [2.24, 2.45) is 11.1 Å². The summed E-state index contributed by atoms with van der Waals surface area (Å²) in [6.07, 6.45) is 5.03. The Hall–Kier alpha value is -0.640. The van der Waals surface area contributed by atoms with Crippen molar-refractivity contribution in [1.29, 1.82) is 0 Å². The molecule has 0 aromatic rings. The van der Waals surface area contributed by atoms with Crippen LogP contribution < -0.4 is 5.73 Å². The van der Waals surface area contributed by atoms with Crippen molar-refractivity contribution in [3.8, 4) is 0 Å². The van der Waals surface area contributed by atoms with Gasteiger partial charge in [-0.15, -0.1) is 0 Å². The highest BCUT2D eigenvalue weighted by Gasteiger charge is 2.50. The Morgan fingerprint density at radius 2 is 2.07 bits per heavy atom. The lowest BCUT2D eigenvalue weighted by atomic mass is 9.67. The first-order chi connectivity index (χ1) is 6.58. The lowest BCUT2D eigenvalue weighted by molar-refractivity contribution is -0.141. The predicted molar refractivity (Wildman–Crippen MR) is 58.9 cm³/mol. The van der Waals surface area contributed by atoms with E-state index in [1.807, 2.05) is 11.9 Å². The Labute approximate surface area is 89.6 Å². The Balaban J connectivity index is 2.11. The third-order valence-electron chi connectivity index (χ3n) is 3.50. The number of hydrogen-bond acceptors (Lipinski definition) is 2. The molecule has 4 heteroatoms. The third kappa shape index (κ3) is 1.32. The number of nitrogens with zero attached hydrogens (tertiary/aromatic N) is 1. The largest absolute Gasteiger partial charge is 0.392 e. The molecule has 0 aliphatic heterocycles. The number of rotatable bonds is 3. The first-order valence-corrected chi connectivity index (χ1v) is 5.56. The minimum Gasteiger partial charge on any atom is -0.392 e. The van der Waals surface area contributed by atoms with E-state index >= 15 is 0 Å². The van der Waals surface area contributed by atoms with Gasteiger partial charge in [-0.05, 0) is 25.7 Å². The van der Waals surface area contributed by atoms with E-state index in [4.69, 9.17) is 18.0 Å². The number of thiocarbonyl (C=S) groups is 1. The SMILES string of the molecule is CN(C(=O)C1(C(N)=S)CCC1)C1CC1. The molecular formula is C10H16N2OS. The summed E-state index contributed by atoms with van der Waals surface area (Å²) in [6, 6.07) is 0.453. The summed E-state index contributed by atoms with van der Waals surface area (Å²) >= 11 is 5.01. The average Bonchev–Trinajstić information content (AvgIpc) is 2.81. The molecule has 3 nitrogen and oxygen atoms in total. The van der Waals surface area contributed by atoms with Crippen LogP contribution in [0.2, 0.25) is 0 Å². The normalized spacial score (nSPS) is 23.8. The fraction of sp³-hybridized carbons (Fsp3) is 0.800. The van der Waals surface area contributed by atoms with Crippen molar-refractivity contribution in [1.82, 2.24) is 4.90 Å². The highest BCUT2D eigenvalue weighted by atomic mass is 32.1. The van der Waals surface area contributed by atoms with E-state index in [-0.39, 0.29) is 5.91 Å². The van der Waals surface area contributed by atoms with Gasteiger partial charge in [-0.2, -0.15) is 0 Å². The van der Waals surface area contributed by atoms with Crippen LogP contribution in [-0.4, -0.2) is 28.9 Å². The van der Waals surface area contributed by atoms with E-state index in [0.29, 0.717) is 11.0 Å². The van der Waals surface area contributed by atoms with Gasteiger partial charge in [-0.3, -0.25) is 4.79 Å². The maximum atomic E-state index is 12.1. The van der Waals surface area contributed by atoms with Crippen LogP contribution in [0.1, 0.15) is 32.1 Å². The van der Waals surface area contributed by atoms with Crippen LogP contribution in [0.25, 0.3) is 0 Å². The Bertz CT molecular complexity index is 282. The number of nitrogens with two attached hydrogens (primary N) is 1. The molecule has 2 rings (SSSR count). The third-order valence-corrected chi connectivity index (χ3v) is 3.89. The fourth-order valence-electron chi connectivity index (χ4n) is 2.06. The van der Waals surface area contributed by atoms with Gasteiger partial charge < -0.3 is 10.6 Å². The Morgan fingerprint density at radius 3 is 2.36 bits per heavy atom. The van der Waals surface area contributed by atoms with Crippen LogP contribution in [0.4, 0.5) is 0 Å². The van der Waals surface area contributed by atoms with E-state index < -0.39 is 5.41 Å². The summed E-state index contributed by atoms with van der Waals surface area (Å²) in [6.45, 7) is 0. The minimum absolute atomic E-state index is 0.152. The van der Waals surface area contributed by atoms with Crippen LogP contribution in [0, 0.1) is 5.41 Å². The standard InChI is InChI=1S/C10H16N2OS/c1-12(7-3-4-7)9(13)10(8(11)14)5-2-6-10/h7H,2-6H2,1H3,(H2,11,14). The molecule has 0 saturated heterocycles. The zero-order chi connectivity index (χ0) is 10.3. The second kappa shape index (κ2) is 3.19. The van der Waals surface area contributed by atoms with Crippen LogP contribution in [0.3, 0.4) is 0 Å². The summed E-state index contributed by atoms with van der Waals surface area (Å²) in [7, 11) is 1.87. The molecule has 2 aliphatic rings. The van der Waals surface area contributed by atoms with E-state index in [1.165, 1.54) is 0 Å². The van der Waals surface area contributed by atoms with Crippen LogP contribution in [-0.2, 0) is 4.79 Å². The maximum Gasteiger partial charge on any atom is 0.235 e. The summed E-state index contributed by atoms with van der Waals surface area (Å²) in [5, 5.41) is 0. The number of hydrogen-bond donors (Lipinski definition) is 1. The molecule has 0 unspecified atom stereocenters. The molecule has 0 heterocycles. The van der Waals surface area contributed by atoms with Crippen molar-refractivity contribution in [3.05, 3.63) is 0 Å². The fourth-order valence-corrected chi connectivity index (χ4v) is 2.35. The molecule has 2 N–H and O–H groups in total. The smallest absolute Gasteiger partial charge is 0.235 e. The molecule has 0 aromatic carbocycles. The molecule has 2 saturated carbocycles. The maximum absolute atomic E-state index is 12.1. The second-order valence-corrected chi connectivity index (χ2v) is 4.89. The topological polar surface area (TPSA) is 46.3 Å². The van der Waals surface area contributed by atoms with Crippen LogP contribution in [0.5, 0.6) is 0 Å². The number of carbonyl (C=O) groups is 1. The van der Waals surface area contributed by atoms with E-state index in [0.717, 1.165) is 32.1 Å². The average molecular weight is 212 g/mol. The van der Waals surface area contributed by atoms with Crippen molar-refractivity contribution in [2.45, 2.75) is 38.1 Å². The molecule has 0 bridgehead atoms. The molecule has 0 aromatic heterocycles. The van der Waals surface area contributed by atoms with Gasteiger partial charge in [0.1, 0.15) is 0 Å². The van der Waals surface area contributed by atoms with Gasteiger partial charge >= 0.3 is 0 Å². The summed E-state index contributed by atoms with van der Waals surface area (Å²) in [4.78, 5) is 14.4. The highest BCUT2D eigenvalue weighted by molar-refractivity contribution is 7.80. The van der Waals surface area contributed by atoms with E-state index in [9.17, 15) is 4.79 Å². The minimum atomic E-state index is -0.479. The monoisotopic (exact) mass is 212 g/mol. The molecule has 0 spiro atoms. The van der Waals surface area contributed by atoms with Crippen molar-refractivity contribution < 1.29 is 4.79 Å². The lowest BCUT2D eigenvalue weighted by Gasteiger charge is -2.41. The second-order valence-electron chi connectivity index (χ2n) is 4.45. The Kier molecular flexibility index (Phi) is 2.26. The number of amides is 1. The lowest BCUT2D eigenvalue weighted by Crippen LogP contribution is -2.54. The van der Waals surface area contributed by atoms with Gasteiger partial charge in [0.15, 0.2) is 0 Å². The van der Waals surface area contributed by atoms with E-state index in [2.05, 4.69) is 0 Å². The highest BCUT2D eigenvalue weighted by Crippen LogP contribution is 2.44. The predicted octanol–water partition coefficient (Wildman–Crippen LogP) is 1.06. The van der Waals surface area contributed by atoms with Crippen molar-refractivity contribution >= 4 is 23.1 Å². The van der Waals surface area contributed by atoms with Crippen molar-refractivity contribution in [2.75, 3.05) is 7.05 Å². The van der Waals surface area contributed by atoms with Gasteiger partial charge in [0, 0.05) is 13.1 Å². The first kappa shape index (κ1) is 9.90. The molecule has 0 radical (unpaired) electrons. The summed E-state index contributed by atoms with van der Waals surface area (Å²) < 4.78 is 0. The quantitative estimate of drug-likeness (QED) is 0.712. The molecule has 2 aliphatic carbocycles. The zero-order valence-electron chi connectivity index (χ0n) is 8.45. The van der Waals surface area contributed by atoms with Gasteiger partial charge in [0.2, 0.25) is 5.91 Å². The van der Waals surface area contributed by atoms with Gasteiger partial charge in [-0.1, -0.05) is 18.6 Å². The van der Waals surface area contributed by atoms with Gasteiger partial charge in [0.05, 0.1) is 10.4 Å². The van der Waals surface area contributed by atoms with Gasteiger partial charge in [0.25, 0.3) is 0 Å². The van der Waals surface area contributed by atoms with Crippen LogP contribution >= 0.6 is 12.2 Å². The van der Waals surface area contributed by atoms with Crippen LogP contribution in [0.15, 0.2) is 0 Å². The number of carbonyl (C=O) groups excluding carboxylic acids is 1. The molecule has 1 amide bonds. The van der Waals surface area contributed by atoms with Crippen molar-refractivity contribution in [3.63, 3.8) is 0 Å². The van der Waals surface area contributed by atoms with E-state index in [1.54, 1.807) is 0 Å². The zero-order valence-corrected chi connectivity index (χ0v) is 9.27. The molecule has 2 fully saturated rings. The molecule has 78 valence electrons. The molecule has 14 heavy (non-hydrogen) atoms. The van der Waals surface area contributed by atoms with Gasteiger partial charge in [-0.25, -0.2) is 0 Å². The summed E-state index contributed by atoms with van der Waals surface area (Å²) in [5.74, 6) is 0.152. The molecule has 0 atom stereocenters. The molecular weight excluding hydrogens is 196 g/mol. The summed E-state index contributed by atoms with van der Waals surface area (Å²) in [5.41, 5.74) is 5.20. The Morgan fingerprint density at radius 1 is 1.50 bits per heavy atom.